The molecule has 0 aliphatic carbocycles. The van der Waals surface area contributed by atoms with E-state index in [-0.39, 0.29) is 29.4 Å². The molecule has 10 atom stereocenters. The van der Waals surface area contributed by atoms with Gasteiger partial charge >= 0.3 is 33.4 Å². The van der Waals surface area contributed by atoms with Crippen molar-refractivity contribution in [3.05, 3.63) is 75.7 Å². The first kappa shape index (κ1) is 44.9. The zero-order valence-electron chi connectivity index (χ0n) is 31.1. The highest BCUT2D eigenvalue weighted by atomic mass is 31.2. The molecular weight excluding hydrogens is 862 g/mol. The number of azide groups is 1. The van der Waals surface area contributed by atoms with E-state index in [4.69, 9.17) is 45.0 Å². The summed E-state index contributed by atoms with van der Waals surface area (Å²) in [5.41, 5.74) is 19.9. The van der Waals surface area contributed by atoms with Crippen molar-refractivity contribution in [2.24, 2.45) is 5.11 Å². The van der Waals surface area contributed by atoms with E-state index >= 15 is 0 Å². The molecule has 5 heterocycles. The number of hydrogen-bond donors (Lipinski definition) is 8. The zero-order valence-corrected chi connectivity index (χ0v) is 32.9. The van der Waals surface area contributed by atoms with Crippen molar-refractivity contribution in [1.82, 2.24) is 34.4 Å². The van der Waals surface area contributed by atoms with Gasteiger partial charge in [0.1, 0.15) is 60.8 Å². The molecule has 61 heavy (non-hydrogen) atoms. The largest absolute Gasteiger partial charge is 0.472 e. The van der Waals surface area contributed by atoms with Crippen LogP contribution in [0.2, 0.25) is 0 Å². The Kier molecular flexibility index (Phi) is 13.6. The lowest BCUT2D eigenvalue weighted by Gasteiger charge is -2.25. The van der Waals surface area contributed by atoms with E-state index in [1.807, 2.05) is 0 Å². The van der Waals surface area contributed by atoms with E-state index in [1.165, 1.54) is 42.1 Å². The summed E-state index contributed by atoms with van der Waals surface area (Å²) in [5, 5.41) is 28.3. The fraction of sp³-hybridized carbons (Fsp3) is 0.433. The number of phosphoric acid groups is 2. The van der Waals surface area contributed by atoms with Crippen molar-refractivity contribution >= 4 is 56.2 Å². The maximum absolute atomic E-state index is 13.4. The summed E-state index contributed by atoms with van der Waals surface area (Å²) in [7, 11) is -10.6. The number of carbonyl (C=O) groups excluding carboxylic acids is 2. The summed E-state index contributed by atoms with van der Waals surface area (Å²) in [6, 6.07) is 5.79. The van der Waals surface area contributed by atoms with Crippen molar-refractivity contribution in [2.75, 3.05) is 24.7 Å². The van der Waals surface area contributed by atoms with E-state index in [0.717, 1.165) is 23.2 Å². The monoisotopic (exact) mass is 898 g/mol. The predicted octanol–water partition coefficient (Wildman–Crippen LogP) is -0.456. The van der Waals surface area contributed by atoms with Crippen molar-refractivity contribution in [2.45, 2.75) is 68.7 Å². The number of phosphoric ester groups is 2. The number of alkyl carbamates (subject to hydrolysis) is 1. The third kappa shape index (κ3) is 10.8. The number of ether oxygens (including phenoxy) is 4. The molecule has 2 saturated heterocycles. The lowest BCUT2D eigenvalue weighted by Crippen LogP contribution is -2.45. The van der Waals surface area contributed by atoms with Crippen LogP contribution in [0.3, 0.4) is 0 Å². The average molecular weight is 899 g/mol. The number of imidazole rings is 1. The molecule has 6 rings (SSSR count). The van der Waals surface area contributed by atoms with Crippen LogP contribution in [0.25, 0.3) is 21.6 Å². The molecule has 1 unspecified atom stereocenters. The molecule has 1 aromatic carbocycles. The first-order valence-corrected chi connectivity index (χ1v) is 20.4. The third-order valence-corrected chi connectivity index (χ3v) is 10.3. The molecule has 2 fully saturated rings. The van der Waals surface area contributed by atoms with Crippen LogP contribution in [0.4, 0.5) is 22.1 Å². The Morgan fingerprint density at radius 2 is 1.64 bits per heavy atom. The number of carbonyl (C=O) groups is 2. The number of nitrogens with two attached hydrogens (primary N) is 2. The van der Waals surface area contributed by atoms with Crippen LogP contribution >= 0.6 is 15.6 Å². The third-order valence-electron chi connectivity index (χ3n) is 8.88. The van der Waals surface area contributed by atoms with Crippen LogP contribution in [0.5, 0.6) is 0 Å². The van der Waals surface area contributed by atoms with Crippen LogP contribution in [0, 0.1) is 0 Å². The maximum Gasteiger partial charge on any atom is 0.472 e. The van der Waals surface area contributed by atoms with Crippen LogP contribution in [0.1, 0.15) is 24.9 Å². The Hall–Kier alpha value is -5.64. The topological polar surface area (TPSA) is 425 Å². The van der Waals surface area contributed by atoms with Crippen LogP contribution < -0.4 is 22.5 Å². The molecule has 0 bridgehead atoms. The number of benzene rings is 1. The second-order valence-electron chi connectivity index (χ2n) is 13.1. The van der Waals surface area contributed by atoms with Gasteiger partial charge in [0.05, 0.1) is 19.5 Å². The summed E-state index contributed by atoms with van der Waals surface area (Å²) in [4.78, 5) is 86.0. The zero-order chi connectivity index (χ0) is 44.2. The van der Waals surface area contributed by atoms with Gasteiger partial charge in [0, 0.05) is 16.8 Å². The number of hydrogen-bond acceptors (Lipinski definition) is 21. The Balaban J connectivity index is 1.17. The predicted molar refractivity (Wildman–Crippen MR) is 199 cm³/mol. The second kappa shape index (κ2) is 18.5. The lowest BCUT2D eigenvalue weighted by molar-refractivity contribution is -0.158. The van der Waals surface area contributed by atoms with Gasteiger partial charge in [-0.2, -0.15) is 4.98 Å². The molecule has 2 aliphatic rings. The number of aliphatic hydroxyl groups excluding tert-OH is 2. The molecule has 0 spiro atoms. The Morgan fingerprint density at radius 1 is 0.984 bits per heavy atom. The van der Waals surface area contributed by atoms with Crippen LogP contribution in [-0.2, 0) is 53.1 Å². The average Bonchev–Trinajstić information content (AvgIpc) is 3.86. The van der Waals surface area contributed by atoms with Gasteiger partial charge in [0.15, 0.2) is 30.0 Å². The number of nitrogens with one attached hydrogen (secondary N) is 1. The highest BCUT2D eigenvalue weighted by Gasteiger charge is 2.52. The van der Waals surface area contributed by atoms with Crippen LogP contribution in [0.15, 0.2) is 59.1 Å². The van der Waals surface area contributed by atoms with Gasteiger partial charge in [0.25, 0.3) is 0 Å². The highest BCUT2D eigenvalue weighted by molar-refractivity contribution is 7.47. The second-order valence-corrected chi connectivity index (χ2v) is 15.7. The lowest BCUT2D eigenvalue weighted by atomic mass is 10.1. The van der Waals surface area contributed by atoms with Crippen molar-refractivity contribution in [3.63, 3.8) is 0 Å². The summed E-state index contributed by atoms with van der Waals surface area (Å²) < 4.78 is 63.8. The smallest absolute Gasteiger partial charge is 0.455 e. The van der Waals surface area contributed by atoms with Crippen LogP contribution in [-0.4, -0.2) is 122 Å². The fourth-order valence-corrected chi connectivity index (χ4v) is 7.32. The number of fused-ring (bicyclic) bond motifs is 1. The minimum atomic E-state index is -5.42. The molecule has 328 valence electrons. The molecular formula is C30H36N12O17P2. The summed E-state index contributed by atoms with van der Waals surface area (Å²) in [6.45, 7) is -1.04. The number of aliphatic hydroxyl groups is 2. The van der Waals surface area contributed by atoms with Crippen molar-refractivity contribution < 1.29 is 76.1 Å². The normalized spacial score (nSPS) is 25.3. The maximum atomic E-state index is 13.4. The molecule has 31 heteroatoms. The van der Waals surface area contributed by atoms with Gasteiger partial charge in [-0.05, 0) is 24.1 Å². The molecule has 4 aromatic rings. The first-order valence-electron chi connectivity index (χ1n) is 17.4. The first-order chi connectivity index (χ1) is 28.8. The van der Waals surface area contributed by atoms with Gasteiger partial charge in [-0.15, -0.1) is 0 Å². The van der Waals surface area contributed by atoms with E-state index in [2.05, 4.69) is 39.8 Å². The number of nitrogens with zero attached hydrogens (tertiary/aromatic N) is 9. The summed E-state index contributed by atoms with van der Waals surface area (Å²) in [6.07, 6.45) is -11.7. The standard InChI is InChI=1S/C30H36N12O17P2/c1-13(37-30(47)53-8-14-2-4-15(5-3-14)39-40-33)28(45)58-22-16(56-27(20(22)43)42-12-36-19-24(32)34-11-35-25(19)42)10-55-61(51,52)59-23-17(9-54-60(48,49)50)57-26(21(23)44)41-7-6-18(31)38-29(41)46/h2-7,11-13,16-17,20-23,26-27,43-44H,8-10H2,1H3,(H,37,47)(H,51,52)(H2,31,38,46)(H2,32,34,35)(H2,48,49,50)/t13-,16+,17+,20+,21+,22+,23+,26+,27+/m0/s1. The number of aromatic nitrogens is 6. The fourth-order valence-electron chi connectivity index (χ4n) is 6.01. The highest BCUT2D eigenvalue weighted by Crippen LogP contribution is 2.50. The number of amides is 1. The minimum Gasteiger partial charge on any atom is -0.455 e. The molecule has 1 amide bonds. The SMILES string of the molecule is C[C@H](NC(=O)OCc1ccc(N=[N+]=[N-])cc1)C(=O)O[C@H]1[C@@H](O)[C@H](n2cnc3c(N)ncnc32)O[C@@H]1COP(=O)(O)O[C@H]1[C@@H](O)[C@H](n2ccc(N)nc2=O)O[C@@H]1COP(=O)(O)O. The van der Waals surface area contributed by atoms with Crippen molar-refractivity contribution in [1.29, 1.82) is 0 Å². The minimum absolute atomic E-state index is 0.0308. The molecule has 0 radical (unpaired) electrons. The molecule has 10 N–H and O–H groups in total. The van der Waals surface area contributed by atoms with E-state index < -0.39 is 102 Å². The Labute approximate surface area is 340 Å². The number of rotatable bonds is 16. The Morgan fingerprint density at radius 3 is 2.31 bits per heavy atom. The number of anilines is 2. The van der Waals surface area contributed by atoms with Gasteiger partial charge in [-0.3, -0.25) is 22.7 Å². The number of nitrogen functional groups attached to an aromatic ring is 2. The molecule has 29 nitrogen and oxygen atoms in total. The van der Waals surface area contributed by atoms with Gasteiger partial charge in [-0.1, -0.05) is 29.4 Å². The van der Waals surface area contributed by atoms with Crippen molar-refractivity contribution in [3.8, 4) is 0 Å². The number of esters is 1. The van der Waals surface area contributed by atoms with Gasteiger partial charge in [-0.25, -0.2) is 38.5 Å². The molecule has 2 aliphatic heterocycles. The van der Waals surface area contributed by atoms with E-state index in [1.54, 1.807) is 0 Å². The van der Waals surface area contributed by atoms with E-state index in [0.29, 0.717) is 11.3 Å². The van der Waals surface area contributed by atoms with Gasteiger partial charge in [0.2, 0.25) is 0 Å². The molecule has 3 aromatic heterocycles. The quantitative estimate of drug-likeness (QED) is 0.0232. The summed E-state index contributed by atoms with van der Waals surface area (Å²) >= 11 is 0. The summed E-state index contributed by atoms with van der Waals surface area (Å²) in [5.74, 6) is -1.37. The van der Waals surface area contributed by atoms with E-state index in [9.17, 15) is 48.4 Å². The molecule has 0 saturated carbocycles. The Bertz CT molecular complexity index is 2450. The van der Waals surface area contributed by atoms with Gasteiger partial charge < -0.3 is 60.6 Å².